The molecule has 44 valence electrons. The normalized spacial score (nSPS) is 14.1. The summed E-state index contributed by atoms with van der Waals surface area (Å²) in [4.78, 5) is 0. The third-order valence-electron chi connectivity index (χ3n) is 0.570. The molecule has 0 aromatic carbocycles. The fraction of sp³-hybridized carbons (Fsp3) is 1.00. The maximum absolute atomic E-state index is 11.5. The first-order chi connectivity index (χ1) is 3.35. The zero-order valence-electron chi connectivity index (χ0n) is 3.95. The predicted molar refractivity (Wildman–Crippen MR) is 33.9 cm³/mol. The highest BCUT2D eigenvalue weighted by Crippen LogP contribution is 1.92. The first kappa shape index (κ1) is 7.58. The first-order valence-electron chi connectivity index (χ1n) is 1.85. The second-order valence-corrected chi connectivity index (χ2v) is 1.53. The molecular weight excluding hydrogens is 212 g/mol. The van der Waals surface area contributed by atoms with Crippen molar-refractivity contribution >= 4 is 23.0 Å². The van der Waals surface area contributed by atoms with E-state index in [9.17, 15) is 4.39 Å². The van der Waals surface area contributed by atoms with Crippen molar-refractivity contribution in [2.45, 2.75) is 6.23 Å². The van der Waals surface area contributed by atoms with Gasteiger partial charge >= 0.3 is 0 Å². The Hall–Kier alpha value is 0.580. The predicted octanol–water partition coefficient (Wildman–Crippen LogP) is 0.868. The monoisotopic (exact) mass is 219 g/mol. The fourth-order valence-corrected chi connectivity index (χ4v) is 0.536. The highest BCUT2D eigenvalue weighted by Gasteiger charge is 1.99. The van der Waals surface area contributed by atoms with Gasteiger partial charge in [0, 0.05) is 0 Å². The Morgan fingerprint density at radius 2 is 2.57 bits per heavy atom. The quantitative estimate of drug-likeness (QED) is 0.561. The van der Waals surface area contributed by atoms with Crippen molar-refractivity contribution in [2.75, 3.05) is 13.7 Å². The summed E-state index contributed by atoms with van der Waals surface area (Å²) < 4.78 is 16.0. The molecule has 0 amide bonds. The van der Waals surface area contributed by atoms with Gasteiger partial charge in [-0.15, -0.1) is 0 Å². The summed E-state index contributed by atoms with van der Waals surface area (Å²) in [7, 11) is 1.64. The smallest absolute Gasteiger partial charge is 0.148 e. The van der Waals surface area contributed by atoms with Crippen LogP contribution in [0, 0.1) is 0 Å². The van der Waals surface area contributed by atoms with Crippen LogP contribution < -0.4 is 5.32 Å². The molecule has 0 rings (SSSR count). The van der Waals surface area contributed by atoms with Crippen LogP contribution in [0.2, 0.25) is 0 Å². The molecule has 0 aromatic heterocycles. The minimum Gasteiger partial charge on any atom is -0.294 e. The van der Waals surface area contributed by atoms with E-state index in [1.807, 2.05) is 0 Å². The van der Waals surface area contributed by atoms with Gasteiger partial charge in [-0.2, -0.15) is 0 Å². The maximum atomic E-state index is 11.5. The number of halogens is 2. The molecule has 7 heavy (non-hydrogen) atoms. The summed E-state index contributed by atoms with van der Waals surface area (Å²) in [5.41, 5.74) is 0. The summed E-state index contributed by atoms with van der Waals surface area (Å²) in [6.07, 6.45) is -0.444. The molecule has 0 aliphatic heterocycles. The van der Waals surface area contributed by atoms with Crippen LogP contribution >= 0.6 is 23.0 Å². The van der Waals surface area contributed by atoms with Gasteiger partial charge in [-0.05, 0) is 7.05 Å². The van der Waals surface area contributed by atoms with E-state index in [0.717, 1.165) is 0 Å². The molecule has 1 atom stereocenters. The number of hydrogen-bond acceptors (Lipinski definition) is 2. The molecule has 1 N–H and O–H groups in total. The highest BCUT2D eigenvalue weighted by atomic mass is 127. The molecular formula is C3H7FINO. The van der Waals surface area contributed by atoms with E-state index in [0.29, 0.717) is 0 Å². The Kier molecular flexibility index (Phi) is 5.12. The molecule has 0 fully saturated rings. The Morgan fingerprint density at radius 1 is 2.00 bits per heavy atom. The molecule has 0 heterocycles. The molecule has 0 spiro atoms. The molecule has 2 nitrogen and oxygen atoms in total. The van der Waals surface area contributed by atoms with Crippen molar-refractivity contribution < 1.29 is 7.46 Å². The Bertz CT molecular complexity index is 36.4. The molecule has 0 bridgehead atoms. The summed E-state index contributed by atoms with van der Waals surface area (Å²) in [5.74, 6) is 0. The second kappa shape index (κ2) is 4.73. The number of hydrogen-bond donors (Lipinski definition) is 1. The van der Waals surface area contributed by atoms with Gasteiger partial charge in [-0.25, -0.2) is 4.39 Å². The zero-order chi connectivity index (χ0) is 5.70. The first-order valence-corrected chi connectivity index (χ1v) is 2.73. The van der Waals surface area contributed by atoms with Crippen molar-refractivity contribution in [1.29, 1.82) is 0 Å². The van der Waals surface area contributed by atoms with E-state index in [2.05, 4.69) is 8.38 Å². The van der Waals surface area contributed by atoms with E-state index in [1.54, 1.807) is 30.1 Å². The van der Waals surface area contributed by atoms with E-state index in [-0.39, 0.29) is 0 Å². The number of alkyl halides is 1. The van der Waals surface area contributed by atoms with Crippen LogP contribution in [0.25, 0.3) is 0 Å². The molecule has 0 saturated carbocycles. The maximum Gasteiger partial charge on any atom is 0.148 e. The minimum atomic E-state index is -0.487. The summed E-state index contributed by atoms with van der Waals surface area (Å²) in [6, 6.07) is 0. The number of nitrogens with one attached hydrogen (secondary N) is 1. The van der Waals surface area contributed by atoms with Crippen molar-refractivity contribution in [3.05, 3.63) is 0 Å². The Labute approximate surface area is 56.1 Å². The van der Waals surface area contributed by atoms with Gasteiger partial charge in [0.05, 0.1) is 0 Å². The average molecular weight is 219 g/mol. The zero-order valence-corrected chi connectivity index (χ0v) is 6.11. The largest absolute Gasteiger partial charge is 0.294 e. The molecule has 0 aliphatic rings. The molecule has 4 heteroatoms. The summed E-state index contributed by atoms with van der Waals surface area (Å²) in [5, 5.41) is 2.60. The van der Waals surface area contributed by atoms with Gasteiger partial charge in [-0.1, -0.05) is 0 Å². The Balaban J connectivity index is 2.99. The van der Waals surface area contributed by atoms with Crippen molar-refractivity contribution in [3.8, 4) is 0 Å². The lowest BCUT2D eigenvalue weighted by Gasteiger charge is -2.04. The SMILES string of the molecule is CNC(CF)OI. The van der Waals surface area contributed by atoms with Crippen LogP contribution in [0.15, 0.2) is 0 Å². The van der Waals surface area contributed by atoms with Crippen LogP contribution in [0.3, 0.4) is 0 Å². The molecule has 0 aromatic rings. The average Bonchev–Trinajstić information content (AvgIpc) is 1.72. The lowest BCUT2D eigenvalue weighted by atomic mass is 10.6. The van der Waals surface area contributed by atoms with Crippen molar-refractivity contribution in [1.82, 2.24) is 5.32 Å². The van der Waals surface area contributed by atoms with Gasteiger partial charge in [0.15, 0.2) is 0 Å². The highest BCUT2D eigenvalue weighted by molar-refractivity contribution is 14.1. The van der Waals surface area contributed by atoms with Gasteiger partial charge < -0.3 is 0 Å². The third kappa shape index (κ3) is 3.19. The minimum absolute atomic E-state index is 0.444. The third-order valence-corrected chi connectivity index (χ3v) is 1.18. The molecule has 1 unspecified atom stereocenters. The van der Waals surface area contributed by atoms with E-state index >= 15 is 0 Å². The van der Waals surface area contributed by atoms with E-state index in [1.165, 1.54) is 0 Å². The summed E-state index contributed by atoms with van der Waals surface area (Å²) in [6.45, 7) is -0.487. The lowest BCUT2D eigenvalue weighted by molar-refractivity contribution is 0.196. The fourth-order valence-electron chi connectivity index (χ4n) is 0.146. The van der Waals surface area contributed by atoms with Crippen molar-refractivity contribution in [2.24, 2.45) is 0 Å². The standard InChI is InChI=1S/C3H7FINO/c1-6-3(2-4)7-5/h3,6H,2H2,1H3. The second-order valence-electron chi connectivity index (χ2n) is 1.02. The Morgan fingerprint density at radius 3 is 2.57 bits per heavy atom. The van der Waals surface area contributed by atoms with Gasteiger partial charge in [0.1, 0.15) is 35.9 Å². The van der Waals surface area contributed by atoms with Gasteiger partial charge in [-0.3, -0.25) is 8.38 Å². The van der Waals surface area contributed by atoms with Crippen LogP contribution in [-0.2, 0) is 3.07 Å². The van der Waals surface area contributed by atoms with E-state index < -0.39 is 12.9 Å². The molecule has 0 radical (unpaired) electrons. The van der Waals surface area contributed by atoms with Crippen LogP contribution in [0.5, 0.6) is 0 Å². The number of rotatable bonds is 3. The van der Waals surface area contributed by atoms with Crippen LogP contribution in [0.4, 0.5) is 4.39 Å². The van der Waals surface area contributed by atoms with E-state index in [4.69, 9.17) is 0 Å². The lowest BCUT2D eigenvalue weighted by Crippen LogP contribution is -2.26. The molecule has 0 saturated heterocycles. The topological polar surface area (TPSA) is 21.3 Å². The van der Waals surface area contributed by atoms with Crippen molar-refractivity contribution in [3.63, 3.8) is 0 Å². The summed E-state index contributed by atoms with van der Waals surface area (Å²) >= 11 is 1.65. The van der Waals surface area contributed by atoms with Gasteiger partial charge in [0.2, 0.25) is 0 Å². The van der Waals surface area contributed by atoms with Crippen LogP contribution in [-0.4, -0.2) is 20.0 Å². The van der Waals surface area contributed by atoms with Crippen LogP contribution in [0.1, 0.15) is 0 Å². The molecule has 0 aliphatic carbocycles. The van der Waals surface area contributed by atoms with Gasteiger partial charge in [0.25, 0.3) is 0 Å².